The first kappa shape index (κ1) is 14.0. The Bertz CT molecular complexity index is 243. The Labute approximate surface area is 97.1 Å². The van der Waals surface area contributed by atoms with Crippen LogP contribution in [0, 0.1) is 0 Å². The molecule has 0 aliphatic carbocycles. The lowest BCUT2D eigenvalue weighted by Gasteiger charge is -2.05. The summed E-state index contributed by atoms with van der Waals surface area (Å²) in [5, 5.41) is 0. The highest BCUT2D eigenvalue weighted by molar-refractivity contribution is 5.85. The van der Waals surface area contributed by atoms with Gasteiger partial charge in [0.25, 0.3) is 0 Å². The summed E-state index contributed by atoms with van der Waals surface area (Å²) in [6, 6.07) is 0. The lowest BCUT2D eigenvalue weighted by Crippen LogP contribution is -2.16. The zero-order chi connectivity index (χ0) is 10.4. The summed E-state index contributed by atoms with van der Waals surface area (Å²) in [6.07, 6.45) is 5.15. The highest BCUT2D eigenvalue weighted by atomic mass is 35.5. The number of carbonyl (C=O) groups excluding carboxylic acids is 1. The lowest BCUT2D eigenvalue weighted by molar-refractivity contribution is -0.125. The molecule has 2 aliphatic rings. The van der Waals surface area contributed by atoms with Crippen LogP contribution in [0.25, 0.3) is 0 Å². The SMILES string of the molecule is C=CN1CCCC1=O.CN1C=NCC1.Cl. The predicted molar refractivity (Wildman–Crippen MR) is 64.4 cm³/mol. The first-order chi connectivity index (χ1) is 6.74. The van der Waals surface area contributed by atoms with Crippen molar-refractivity contribution in [2.24, 2.45) is 4.99 Å². The summed E-state index contributed by atoms with van der Waals surface area (Å²) in [5.41, 5.74) is 0. The van der Waals surface area contributed by atoms with Gasteiger partial charge >= 0.3 is 0 Å². The number of hydrogen-bond acceptors (Lipinski definition) is 3. The van der Waals surface area contributed by atoms with Crippen molar-refractivity contribution < 1.29 is 4.79 Å². The summed E-state index contributed by atoms with van der Waals surface area (Å²) in [5.74, 6) is 0.208. The molecule has 0 aromatic carbocycles. The van der Waals surface area contributed by atoms with Gasteiger partial charge in [-0.1, -0.05) is 6.58 Å². The third kappa shape index (κ3) is 4.83. The molecule has 0 spiro atoms. The highest BCUT2D eigenvalue weighted by Crippen LogP contribution is 2.08. The molecule has 5 heteroatoms. The smallest absolute Gasteiger partial charge is 0.226 e. The summed E-state index contributed by atoms with van der Waals surface area (Å²) in [4.78, 5) is 18.3. The van der Waals surface area contributed by atoms with Crippen LogP contribution in [0.3, 0.4) is 0 Å². The molecule has 2 rings (SSSR count). The molecule has 0 unspecified atom stereocenters. The molecule has 4 nitrogen and oxygen atoms in total. The van der Waals surface area contributed by atoms with E-state index >= 15 is 0 Å². The Balaban J connectivity index is 0.000000253. The van der Waals surface area contributed by atoms with Crippen molar-refractivity contribution >= 4 is 24.7 Å². The van der Waals surface area contributed by atoms with Crippen molar-refractivity contribution in [2.75, 3.05) is 26.7 Å². The summed E-state index contributed by atoms with van der Waals surface area (Å²) in [6.45, 7) is 6.44. The Morgan fingerprint density at radius 3 is 2.47 bits per heavy atom. The van der Waals surface area contributed by atoms with Gasteiger partial charge in [0.05, 0.1) is 12.9 Å². The second kappa shape index (κ2) is 7.29. The number of halogens is 1. The third-order valence-corrected chi connectivity index (χ3v) is 2.19. The first-order valence-corrected chi connectivity index (χ1v) is 4.86. The van der Waals surface area contributed by atoms with Crippen LogP contribution in [0.1, 0.15) is 12.8 Å². The van der Waals surface area contributed by atoms with E-state index in [2.05, 4.69) is 16.5 Å². The average Bonchev–Trinajstić information content (AvgIpc) is 2.77. The first-order valence-electron chi connectivity index (χ1n) is 4.86. The van der Waals surface area contributed by atoms with Gasteiger partial charge in [-0.2, -0.15) is 0 Å². The minimum absolute atomic E-state index is 0. The van der Waals surface area contributed by atoms with E-state index in [9.17, 15) is 4.79 Å². The minimum atomic E-state index is 0. The van der Waals surface area contributed by atoms with Crippen LogP contribution in [-0.4, -0.2) is 48.7 Å². The summed E-state index contributed by atoms with van der Waals surface area (Å²) in [7, 11) is 2.02. The fourth-order valence-electron chi connectivity index (χ4n) is 1.33. The minimum Gasteiger partial charge on any atom is -0.364 e. The Kier molecular flexibility index (Phi) is 6.79. The monoisotopic (exact) mass is 231 g/mol. The predicted octanol–water partition coefficient (Wildman–Crippen LogP) is 1.13. The van der Waals surface area contributed by atoms with Crippen LogP contribution in [-0.2, 0) is 4.79 Å². The Morgan fingerprint density at radius 2 is 2.27 bits per heavy atom. The maximum Gasteiger partial charge on any atom is 0.226 e. The second-order valence-corrected chi connectivity index (χ2v) is 3.38. The number of likely N-dealkylation sites (tertiary alicyclic amines) is 1. The van der Waals surface area contributed by atoms with Crippen LogP contribution in [0.4, 0.5) is 0 Å². The summed E-state index contributed by atoms with van der Waals surface area (Å²) >= 11 is 0. The molecular weight excluding hydrogens is 214 g/mol. The fourth-order valence-corrected chi connectivity index (χ4v) is 1.33. The molecule has 2 heterocycles. The Hall–Kier alpha value is -1.03. The molecule has 0 radical (unpaired) electrons. The molecule has 2 aliphatic heterocycles. The van der Waals surface area contributed by atoms with Gasteiger partial charge in [-0.15, -0.1) is 12.4 Å². The number of rotatable bonds is 1. The van der Waals surface area contributed by atoms with Gasteiger partial charge in [-0.3, -0.25) is 9.79 Å². The van der Waals surface area contributed by atoms with E-state index in [4.69, 9.17) is 0 Å². The third-order valence-electron chi connectivity index (χ3n) is 2.19. The maximum absolute atomic E-state index is 10.7. The van der Waals surface area contributed by atoms with Crippen molar-refractivity contribution in [3.63, 3.8) is 0 Å². The van der Waals surface area contributed by atoms with Crippen LogP contribution in [0.15, 0.2) is 17.8 Å². The molecule has 1 amide bonds. The molecular formula is C10H18ClN3O. The van der Waals surface area contributed by atoms with Crippen LogP contribution >= 0.6 is 12.4 Å². The van der Waals surface area contributed by atoms with Crippen LogP contribution in [0.2, 0.25) is 0 Å². The van der Waals surface area contributed by atoms with Gasteiger partial charge in [0.1, 0.15) is 0 Å². The lowest BCUT2D eigenvalue weighted by atomic mass is 10.4. The van der Waals surface area contributed by atoms with Crippen molar-refractivity contribution in [1.29, 1.82) is 0 Å². The maximum atomic E-state index is 10.7. The molecule has 1 fully saturated rings. The van der Waals surface area contributed by atoms with Crippen LogP contribution < -0.4 is 0 Å². The van der Waals surface area contributed by atoms with E-state index in [-0.39, 0.29) is 18.3 Å². The second-order valence-electron chi connectivity index (χ2n) is 3.38. The zero-order valence-corrected chi connectivity index (χ0v) is 9.87. The van der Waals surface area contributed by atoms with E-state index in [1.165, 1.54) is 0 Å². The molecule has 0 saturated carbocycles. The number of carbonyl (C=O) groups is 1. The van der Waals surface area contributed by atoms with Crippen molar-refractivity contribution in [3.05, 3.63) is 12.8 Å². The number of amides is 1. The average molecular weight is 232 g/mol. The van der Waals surface area contributed by atoms with Gasteiger partial charge in [0, 0.05) is 26.6 Å². The number of hydrogen-bond donors (Lipinski definition) is 0. The van der Waals surface area contributed by atoms with Crippen molar-refractivity contribution in [1.82, 2.24) is 9.80 Å². The standard InChI is InChI=1S/C6H9NO.C4H8N2.ClH/c1-2-7-5-3-4-6(7)8;1-6-3-2-5-4-6;/h2H,1,3-5H2;4H,2-3H2,1H3;1H. The fraction of sp³-hybridized carbons (Fsp3) is 0.600. The molecule has 0 N–H and O–H groups in total. The highest BCUT2D eigenvalue weighted by Gasteiger charge is 2.15. The molecule has 0 aromatic rings. The molecule has 86 valence electrons. The molecule has 1 saturated heterocycles. The number of nitrogens with zero attached hydrogens (tertiary/aromatic N) is 3. The van der Waals surface area contributed by atoms with E-state index < -0.39 is 0 Å². The molecule has 0 aromatic heterocycles. The topological polar surface area (TPSA) is 35.9 Å². The number of likely N-dealkylation sites (N-methyl/N-ethyl adjacent to an activating group) is 1. The summed E-state index contributed by atoms with van der Waals surface area (Å²) < 4.78 is 0. The zero-order valence-electron chi connectivity index (χ0n) is 9.06. The molecule has 15 heavy (non-hydrogen) atoms. The molecule has 0 atom stereocenters. The van der Waals surface area contributed by atoms with E-state index in [0.29, 0.717) is 6.42 Å². The largest absolute Gasteiger partial charge is 0.364 e. The van der Waals surface area contributed by atoms with Crippen LogP contribution in [0.5, 0.6) is 0 Å². The van der Waals surface area contributed by atoms with Crippen molar-refractivity contribution in [2.45, 2.75) is 12.8 Å². The van der Waals surface area contributed by atoms with E-state index in [1.807, 2.05) is 13.4 Å². The van der Waals surface area contributed by atoms with Gasteiger partial charge in [0.15, 0.2) is 0 Å². The van der Waals surface area contributed by atoms with E-state index in [0.717, 1.165) is 26.1 Å². The van der Waals surface area contributed by atoms with Gasteiger partial charge in [-0.05, 0) is 12.6 Å². The normalized spacial score (nSPS) is 18.3. The van der Waals surface area contributed by atoms with Gasteiger partial charge in [0.2, 0.25) is 5.91 Å². The molecule has 0 bridgehead atoms. The van der Waals surface area contributed by atoms with E-state index in [1.54, 1.807) is 11.1 Å². The number of aliphatic imine (C=N–C) groups is 1. The van der Waals surface area contributed by atoms with Crippen molar-refractivity contribution in [3.8, 4) is 0 Å². The van der Waals surface area contributed by atoms with Gasteiger partial charge < -0.3 is 9.80 Å². The quantitative estimate of drug-likeness (QED) is 0.679. The van der Waals surface area contributed by atoms with Gasteiger partial charge in [-0.25, -0.2) is 0 Å². The Morgan fingerprint density at radius 1 is 1.53 bits per heavy atom.